The molecule has 4 nitrogen and oxygen atoms in total. The molecular formula is C10H12N4. The molecule has 0 bridgehead atoms. The van der Waals surface area contributed by atoms with Crippen molar-refractivity contribution >= 4 is 11.0 Å². The quantitative estimate of drug-likeness (QED) is 0.771. The van der Waals surface area contributed by atoms with Crippen LogP contribution in [-0.4, -0.2) is 15.0 Å². The summed E-state index contributed by atoms with van der Waals surface area (Å²) in [5.41, 5.74) is 8.83. The van der Waals surface area contributed by atoms with E-state index in [4.69, 9.17) is 5.73 Å². The third kappa shape index (κ3) is 1.11. The molecule has 1 aromatic heterocycles. The van der Waals surface area contributed by atoms with Crippen LogP contribution < -0.4 is 5.73 Å². The average molecular weight is 188 g/mol. The maximum absolute atomic E-state index is 5.60. The third-order valence-corrected chi connectivity index (χ3v) is 2.66. The van der Waals surface area contributed by atoms with E-state index in [2.05, 4.69) is 16.4 Å². The normalized spacial score (nSPS) is 16.4. The van der Waals surface area contributed by atoms with Gasteiger partial charge in [-0.05, 0) is 30.5 Å². The molecule has 4 heteroatoms. The predicted molar refractivity (Wildman–Crippen MR) is 53.7 cm³/mol. The van der Waals surface area contributed by atoms with E-state index in [0.29, 0.717) is 12.6 Å². The van der Waals surface area contributed by atoms with E-state index in [-0.39, 0.29) is 0 Å². The van der Waals surface area contributed by atoms with Gasteiger partial charge < -0.3 is 5.73 Å². The lowest BCUT2D eigenvalue weighted by molar-refractivity contribution is 0.630. The van der Waals surface area contributed by atoms with Crippen molar-refractivity contribution in [1.82, 2.24) is 15.0 Å². The Morgan fingerprint density at radius 1 is 1.43 bits per heavy atom. The number of fused-ring (bicyclic) bond motifs is 1. The van der Waals surface area contributed by atoms with Crippen molar-refractivity contribution in [3.8, 4) is 0 Å². The second-order valence-corrected chi connectivity index (χ2v) is 3.79. The standard InChI is InChI=1S/C10H12N4/c11-6-7-1-4-9-10(5-7)14(13-12-9)8-2-3-8/h1,4-5,8H,2-3,6,11H2. The lowest BCUT2D eigenvalue weighted by Gasteiger charge is -1.99. The van der Waals surface area contributed by atoms with Gasteiger partial charge in [-0.3, -0.25) is 0 Å². The predicted octanol–water partition coefficient (Wildman–Crippen LogP) is 1.22. The van der Waals surface area contributed by atoms with Gasteiger partial charge in [0, 0.05) is 6.54 Å². The van der Waals surface area contributed by atoms with Crippen molar-refractivity contribution in [1.29, 1.82) is 0 Å². The Bertz CT molecular complexity index is 470. The Labute approximate surface area is 81.7 Å². The van der Waals surface area contributed by atoms with Crippen LogP contribution in [0.5, 0.6) is 0 Å². The summed E-state index contributed by atoms with van der Waals surface area (Å²) in [7, 11) is 0. The van der Waals surface area contributed by atoms with E-state index in [1.165, 1.54) is 12.8 Å². The monoisotopic (exact) mass is 188 g/mol. The highest BCUT2D eigenvalue weighted by molar-refractivity contribution is 5.75. The summed E-state index contributed by atoms with van der Waals surface area (Å²) in [4.78, 5) is 0. The molecule has 1 saturated carbocycles. The number of rotatable bonds is 2. The fourth-order valence-electron chi connectivity index (χ4n) is 1.70. The highest BCUT2D eigenvalue weighted by Crippen LogP contribution is 2.36. The van der Waals surface area contributed by atoms with Gasteiger partial charge in [0.25, 0.3) is 0 Å². The van der Waals surface area contributed by atoms with Crippen LogP contribution in [0.15, 0.2) is 18.2 Å². The summed E-state index contributed by atoms with van der Waals surface area (Å²) in [6, 6.07) is 6.67. The molecule has 14 heavy (non-hydrogen) atoms. The first-order valence-corrected chi connectivity index (χ1v) is 4.92. The van der Waals surface area contributed by atoms with Crippen molar-refractivity contribution < 1.29 is 0 Å². The molecule has 0 aliphatic heterocycles. The maximum Gasteiger partial charge on any atom is 0.113 e. The van der Waals surface area contributed by atoms with Gasteiger partial charge in [-0.2, -0.15) is 0 Å². The van der Waals surface area contributed by atoms with Gasteiger partial charge in [-0.1, -0.05) is 11.3 Å². The SMILES string of the molecule is NCc1ccc2nnn(C3CC3)c2c1. The van der Waals surface area contributed by atoms with Gasteiger partial charge in [0.05, 0.1) is 11.6 Å². The van der Waals surface area contributed by atoms with Crippen LogP contribution in [0.4, 0.5) is 0 Å². The smallest absolute Gasteiger partial charge is 0.113 e. The zero-order valence-corrected chi connectivity index (χ0v) is 7.85. The summed E-state index contributed by atoms with van der Waals surface area (Å²) < 4.78 is 2.02. The van der Waals surface area contributed by atoms with Gasteiger partial charge >= 0.3 is 0 Å². The first-order chi connectivity index (χ1) is 6.88. The maximum atomic E-state index is 5.60. The summed E-state index contributed by atoms with van der Waals surface area (Å²) in [6.45, 7) is 0.575. The molecule has 0 saturated heterocycles. The Morgan fingerprint density at radius 2 is 2.29 bits per heavy atom. The summed E-state index contributed by atoms with van der Waals surface area (Å²) in [6.07, 6.45) is 2.45. The zero-order chi connectivity index (χ0) is 9.54. The van der Waals surface area contributed by atoms with Crippen LogP contribution in [0.2, 0.25) is 0 Å². The summed E-state index contributed by atoms with van der Waals surface area (Å²) in [5, 5.41) is 8.29. The molecule has 2 N–H and O–H groups in total. The van der Waals surface area contributed by atoms with E-state index in [1.807, 2.05) is 16.8 Å². The molecule has 0 radical (unpaired) electrons. The fourth-order valence-corrected chi connectivity index (χ4v) is 1.70. The van der Waals surface area contributed by atoms with E-state index >= 15 is 0 Å². The Kier molecular flexibility index (Phi) is 1.58. The highest BCUT2D eigenvalue weighted by Gasteiger charge is 2.26. The van der Waals surface area contributed by atoms with E-state index in [0.717, 1.165) is 16.6 Å². The number of hydrogen-bond acceptors (Lipinski definition) is 3. The molecule has 3 rings (SSSR count). The van der Waals surface area contributed by atoms with Crippen LogP contribution in [0.3, 0.4) is 0 Å². The number of aromatic nitrogens is 3. The topological polar surface area (TPSA) is 56.7 Å². The number of nitrogens with zero attached hydrogens (tertiary/aromatic N) is 3. The number of nitrogens with two attached hydrogens (primary N) is 1. The molecule has 0 atom stereocenters. The van der Waals surface area contributed by atoms with Crippen molar-refractivity contribution in [3.05, 3.63) is 23.8 Å². The average Bonchev–Trinajstić information content (AvgIpc) is 2.98. The van der Waals surface area contributed by atoms with Gasteiger partial charge in [-0.15, -0.1) is 5.10 Å². The van der Waals surface area contributed by atoms with Crippen LogP contribution in [0.1, 0.15) is 24.4 Å². The van der Waals surface area contributed by atoms with Gasteiger partial charge in [-0.25, -0.2) is 4.68 Å². The van der Waals surface area contributed by atoms with Crippen molar-refractivity contribution in [3.63, 3.8) is 0 Å². The zero-order valence-electron chi connectivity index (χ0n) is 7.85. The minimum atomic E-state index is 0.575. The highest BCUT2D eigenvalue weighted by atomic mass is 15.4. The Balaban J connectivity index is 2.20. The van der Waals surface area contributed by atoms with Crippen LogP contribution in [0.25, 0.3) is 11.0 Å². The van der Waals surface area contributed by atoms with Crippen LogP contribution in [0, 0.1) is 0 Å². The molecule has 0 amide bonds. The molecule has 1 aliphatic carbocycles. The van der Waals surface area contributed by atoms with E-state index in [1.54, 1.807) is 0 Å². The van der Waals surface area contributed by atoms with E-state index < -0.39 is 0 Å². The third-order valence-electron chi connectivity index (χ3n) is 2.66. The van der Waals surface area contributed by atoms with Gasteiger partial charge in [0.2, 0.25) is 0 Å². The van der Waals surface area contributed by atoms with Gasteiger partial charge in [0.1, 0.15) is 5.52 Å². The Morgan fingerprint density at radius 3 is 3.00 bits per heavy atom. The largest absolute Gasteiger partial charge is 0.326 e. The molecule has 1 aliphatic rings. The molecule has 0 spiro atoms. The summed E-state index contributed by atoms with van der Waals surface area (Å²) in [5.74, 6) is 0. The summed E-state index contributed by atoms with van der Waals surface area (Å²) >= 11 is 0. The minimum Gasteiger partial charge on any atom is -0.326 e. The minimum absolute atomic E-state index is 0.575. The second kappa shape index (κ2) is 2.78. The Hall–Kier alpha value is -1.42. The molecule has 72 valence electrons. The first-order valence-electron chi connectivity index (χ1n) is 4.92. The molecule has 1 heterocycles. The molecule has 0 unspecified atom stereocenters. The van der Waals surface area contributed by atoms with Crippen molar-refractivity contribution in [2.24, 2.45) is 5.73 Å². The van der Waals surface area contributed by atoms with Crippen LogP contribution >= 0.6 is 0 Å². The number of hydrogen-bond donors (Lipinski definition) is 1. The van der Waals surface area contributed by atoms with Crippen molar-refractivity contribution in [2.75, 3.05) is 0 Å². The molecule has 1 aromatic carbocycles. The molecular weight excluding hydrogens is 176 g/mol. The van der Waals surface area contributed by atoms with Crippen molar-refractivity contribution in [2.45, 2.75) is 25.4 Å². The fraction of sp³-hybridized carbons (Fsp3) is 0.400. The number of benzene rings is 1. The van der Waals surface area contributed by atoms with E-state index in [9.17, 15) is 0 Å². The van der Waals surface area contributed by atoms with Gasteiger partial charge in [0.15, 0.2) is 0 Å². The lowest BCUT2D eigenvalue weighted by atomic mass is 10.2. The second-order valence-electron chi connectivity index (χ2n) is 3.79. The molecule has 2 aromatic rings. The first kappa shape index (κ1) is 7.94. The molecule has 1 fully saturated rings. The lowest BCUT2D eigenvalue weighted by Crippen LogP contribution is -1.98. The van der Waals surface area contributed by atoms with Crippen LogP contribution in [-0.2, 0) is 6.54 Å².